The Morgan fingerprint density at radius 1 is 1.15 bits per heavy atom. The summed E-state index contributed by atoms with van der Waals surface area (Å²) in [6, 6.07) is 3.75. The number of nitrogens with one attached hydrogen (secondary N) is 1. The minimum absolute atomic E-state index is 0.0235. The van der Waals surface area contributed by atoms with Crippen molar-refractivity contribution in [3.63, 3.8) is 0 Å². The second-order valence-corrected chi connectivity index (χ2v) is 5.51. The Labute approximate surface area is 133 Å². The molecule has 7 heteroatoms. The van der Waals surface area contributed by atoms with Gasteiger partial charge in [-0.15, -0.1) is 0 Å². The number of halogens is 2. The van der Waals surface area contributed by atoms with Gasteiger partial charge in [0.2, 0.25) is 0 Å². The van der Waals surface area contributed by atoms with Crippen molar-refractivity contribution in [1.29, 1.82) is 0 Å². The van der Waals surface area contributed by atoms with Crippen LogP contribution in [0.1, 0.15) is 5.56 Å². The zero-order valence-corrected chi connectivity index (χ0v) is 14.3. The maximum Gasteiger partial charge on any atom is 0.354 e. The van der Waals surface area contributed by atoms with Crippen LogP contribution in [0.3, 0.4) is 0 Å². The molecule has 0 unspecified atom stereocenters. The molecule has 0 heterocycles. The monoisotopic (exact) mass is 405 g/mol. The Balaban J connectivity index is 3.17. The molecule has 20 heavy (non-hydrogen) atoms. The zero-order valence-electron chi connectivity index (χ0n) is 11.1. The second-order valence-electron chi connectivity index (χ2n) is 3.80. The third-order valence-corrected chi connectivity index (χ3v) is 3.57. The van der Waals surface area contributed by atoms with Gasteiger partial charge < -0.3 is 14.8 Å². The van der Waals surface area contributed by atoms with Gasteiger partial charge in [-0.2, -0.15) is 0 Å². The van der Waals surface area contributed by atoms with Crippen molar-refractivity contribution in [3.05, 3.63) is 38.4 Å². The molecule has 1 N–H and O–H groups in total. The zero-order chi connectivity index (χ0) is 15.3. The lowest BCUT2D eigenvalue weighted by atomic mass is 10.2. The molecule has 0 aromatic heterocycles. The smallest absolute Gasteiger partial charge is 0.354 e. The minimum Gasteiger partial charge on any atom is -0.466 e. The van der Waals surface area contributed by atoms with E-state index in [1.165, 1.54) is 14.2 Å². The lowest BCUT2D eigenvalue weighted by Gasteiger charge is -2.13. The van der Waals surface area contributed by atoms with Crippen LogP contribution in [0.2, 0.25) is 0 Å². The van der Waals surface area contributed by atoms with Crippen LogP contribution in [0.5, 0.6) is 0 Å². The molecule has 0 atom stereocenters. The molecule has 1 aromatic rings. The molecule has 1 rings (SSSR count). The van der Waals surface area contributed by atoms with Gasteiger partial charge in [0.25, 0.3) is 0 Å². The Bertz CT molecular complexity index is 546. The summed E-state index contributed by atoms with van der Waals surface area (Å²) >= 11 is 6.79. The fourth-order valence-electron chi connectivity index (χ4n) is 1.39. The molecule has 0 aliphatic rings. The Morgan fingerprint density at radius 3 is 2.15 bits per heavy atom. The highest BCUT2D eigenvalue weighted by Crippen LogP contribution is 2.33. The molecule has 0 fully saturated rings. The van der Waals surface area contributed by atoms with Crippen LogP contribution in [0.25, 0.3) is 0 Å². The fraction of sp³-hybridized carbons (Fsp3) is 0.231. The van der Waals surface area contributed by atoms with Crippen molar-refractivity contribution in [2.24, 2.45) is 0 Å². The molecular formula is C13H13Br2NO4. The van der Waals surface area contributed by atoms with E-state index in [0.29, 0.717) is 5.69 Å². The van der Waals surface area contributed by atoms with Crippen LogP contribution < -0.4 is 5.32 Å². The van der Waals surface area contributed by atoms with E-state index in [1.807, 2.05) is 19.1 Å². The number of hydrogen-bond donors (Lipinski definition) is 1. The van der Waals surface area contributed by atoms with Crippen LogP contribution in [0.15, 0.2) is 32.9 Å². The van der Waals surface area contributed by atoms with E-state index in [1.54, 1.807) is 0 Å². The molecule has 0 radical (unpaired) electrons. The maximum absolute atomic E-state index is 11.7. The van der Waals surface area contributed by atoms with Gasteiger partial charge in [0, 0.05) is 8.95 Å². The number of rotatable bonds is 4. The quantitative estimate of drug-likeness (QED) is 0.614. The van der Waals surface area contributed by atoms with E-state index in [0.717, 1.165) is 20.6 Å². The Hall–Kier alpha value is -1.34. The first-order valence-electron chi connectivity index (χ1n) is 5.49. The third kappa shape index (κ3) is 4.35. The molecule has 0 bridgehead atoms. The molecule has 5 nitrogen and oxygen atoms in total. The van der Waals surface area contributed by atoms with Crippen molar-refractivity contribution in [1.82, 2.24) is 0 Å². The first-order chi connectivity index (χ1) is 9.38. The summed E-state index contributed by atoms with van der Waals surface area (Å²) in [7, 11) is 2.46. The van der Waals surface area contributed by atoms with Gasteiger partial charge in [-0.25, -0.2) is 9.59 Å². The van der Waals surface area contributed by atoms with Crippen LogP contribution in [-0.2, 0) is 19.1 Å². The van der Waals surface area contributed by atoms with E-state index in [2.05, 4.69) is 46.7 Å². The summed E-state index contributed by atoms with van der Waals surface area (Å²) in [5.41, 5.74) is 1.62. The average Bonchev–Trinajstić information content (AvgIpc) is 2.40. The normalized spacial score (nSPS) is 10.9. The largest absolute Gasteiger partial charge is 0.466 e. The third-order valence-electron chi connectivity index (χ3n) is 2.31. The molecule has 0 saturated carbocycles. The molecule has 0 aliphatic heterocycles. The number of carbonyl (C=O) groups excluding carboxylic acids is 2. The number of benzene rings is 1. The highest BCUT2D eigenvalue weighted by atomic mass is 79.9. The molecular weight excluding hydrogens is 394 g/mol. The number of esters is 2. The molecule has 0 amide bonds. The van der Waals surface area contributed by atoms with Gasteiger partial charge >= 0.3 is 11.9 Å². The molecule has 0 saturated heterocycles. The number of ether oxygens (including phenoxy) is 2. The molecule has 0 aliphatic carbocycles. The van der Waals surface area contributed by atoms with Crippen LogP contribution in [-0.4, -0.2) is 26.2 Å². The SMILES string of the molecule is COC(=O)/C=C(/Nc1c(Br)cc(C)cc1Br)C(=O)OC. The Kier molecular flexibility index (Phi) is 6.22. The topological polar surface area (TPSA) is 64.6 Å². The molecule has 0 spiro atoms. The van der Waals surface area contributed by atoms with Crippen LogP contribution in [0.4, 0.5) is 5.69 Å². The van der Waals surface area contributed by atoms with Gasteiger partial charge in [-0.3, -0.25) is 0 Å². The summed E-state index contributed by atoms with van der Waals surface area (Å²) in [6.07, 6.45) is 1.03. The van der Waals surface area contributed by atoms with E-state index in [9.17, 15) is 9.59 Å². The van der Waals surface area contributed by atoms with Crippen LogP contribution >= 0.6 is 31.9 Å². The van der Waals surface area contributed by atoms with Crippen molar-refractivity contribution >= 4 is 49.5 Å². The van der Waals surface area contributed by atoms with Crippen molar-refractivity contribution in [3.8, 4) is 0 Å². The number of aryl methyl sites for hydroxylation is 1. The van der Waals surface area contributed by atoms with Gasteiger partial charge in [-0.1, -0.05) is 0 Å². The predicted octanol–water partition coefficient (Wildman–Crippen LogP) is 3.16. The highest BCUT2D eigenvalue weighted by Gasteiger charge is 2.16. The lowest BCUT2D eigenvalue weighted by molar-refractivity contribution is -0.138. The Morgan fingerprint density at radius 2 is 1.70 bits per heavy atom. The predicted molar refractivity (Wildman–Crippen MR) is 82.3 cm³/mol. The van der Waals surface area contributed by atoms with Gasteiger partial charge in [-0.05, 0) is 56.5 Å². The van der Waals surface area contributed by atoms with Gasteiger partial charge in [0.05, 0.1) is 26.0 Å². The average molecular weight is 407 g/mol. The molecule has 1 aromatic carbocycles. The van der Waals surface area contributed by atoms with E-state index < -0.39 is 11.9 Å². The number of anilines is 1. The number of methoxy groups -OCH3 is 2. The van der Waals surface area contributed by atoms with Gasteiger partial charge in [0.1, 0.15) is 5.70 Å². The summed E-state index contributed by atoms with van der Waals surface area (Å²) in [5.74, 6) is -1.33. The first kappa shape index (κ1) is 16.7. The minimum atomic E-state index is -0.672. The summed E-state index contributed by atoms with van der Waals surface area (Å²) in [5, 5.41) is 2.85. The summed E-state index contributed by atoms with van der Waals surface area (Å²) in [4.78, 5) is 23.0. The summed E-state index contributed by atoms with van der Waals surface area (Å²) < 4.78 is 10.6. The van der Waals surface area contributed by atoms with Crippen molar-refractivity contribution in [2.45, 2.75) is 6.92 Å². The van der Waals surface area contributed by atoms with E-state index in [4.69, 9.17) is 0 Å². The maximum atomic E-state index is 11.7. The van der Waals surface area contributed by atoms with E-state index >= 15 is 0 Å². The lowest BCUT2D eigenvalue weighted by Crippen LogP contribution is -2.16. The molecule has 108 valence electrons. The highest BCUT2D eigenvalue weighted by molar-refractivity contribution is 9.11. The van der Waals surface area contributed by atoms with Crippen molar-refractivity contribution < 1.29 is 19.1 Å². The fourth-order valence-corrected chi connectivity index (χ4v) is 3.00. The standard InChI is InChI=1S/C13H13Br2NO4/c1-7-4-8(14)12(9(15)5-7)16-10(13(18)20-3)6-11(17)19-2/h4-6,16H,1-3H3/b10-6+. The summed E-state index contributed by atoms with van der Waals surface area (Å²) in [6.45, 7) is 1.94. The first-order valence-corrected chi connectivity index (χ1v) is 7.08. The van der Waals surface area contributed by atoms with E-state index in [-0.39, 0.29) is 5.70 Å². The van der Waals surface area contributed by atoms with Gasteiger partial charge in [0.15, 0.2) is 0 Å². The number of carbonyl (C=O) groups is 2. The number of hydrogen-bond acceptors (Lipinski definition) is 5. The van der Waals surface area contributed by atoms with Crippen LogP contribution in [0, 0.1) is 6.92 Å². The second kappa shape index (κ2) is 7.44. The van der Waals surface area contributed by atoms with Crippen molar-refractivity contribution in [2.75, 3.05) is 19.5 Å².